The first-order valence-electron chi connectivity index (χ1n) is 4.54. The molecule has 3 heteroatoms. The SMILES string of the molecule is CCOC(=O)C=C(C)c1occc1C. The van der Waals surface area contributed by atoms with Crippen molar-refractivity contribution in [2.45, 2.75) is 20.8 Å². The predicted octanol–water partition coefficient (Wildman–Crippen LogP) is 2.55. The van der Waals surface area contributed by atoms with E-state index in [1.165, 1.54) is 6.08 Å². The Morgan fingerprint density at radius 3 is 2.86 bits per heavy atom. The van der Waals surface area contributed by atoms with E-state index in [4.69, 9.17) is 9.15 Å². The van der Waals surface area contributed by atoms with Crippen molar-refractivity contribution in [3.05, 3.63) is 29.7 Å². The van der Waals surface area contributed by atoms with Crippen molar-refractivity contribution in [2.75, 3.05) is 6.61 Å². The summed E-state index contributed by atoms with van der Waals surface area (Å²) >= 11 is 0. The molecule has 0 unspecified atom stereocenters. The fourth-order valence-corrected chi connectivity index (χ4v) is 1.20. The van der Waals surface area contributed by atoms with E-state index >= 15 is 0 Å². The Labute approximate surface area is 83.4 Å². The summed E-state index contributed by atoms with van der Waals surface area (Å²) in [6.07, 6.45) is 3.04. The van der Waals surface area contributed by atoms with Gasteiger partial charge in [-0.05, 0) is 38.0 Å². The molecule has 14 heavy (non-hydrogen) atoms. The number of furan rings is 1. The lowest BCUT2D eigenvalue weighted by atomic mass is 10.1. The average Bonchev–Trinajstić information content (AvgIpc) is 2.51. The Morgan fingerprint density at radius 2 is 2.36 bits per heavy atom. The lowest BCUT2D eigenvalue weighted by Crippen LogP contribution is -2.00. The minimum Gasteiger partial charge on any atom is -0.464 e. The number of ether oxygens (including phenoxy) is 1. The van der Waals surface area contributed by atoms with Crippen LogP contribution in [0, 0.1) is 6.92 Å². The molecule has 0 aromatic carbocycles. The first-order valence-corrected chi connectivity index (χ1v) is 4.54. The third-order valence-electron chi connectivity index (χ3n) is 1.84. The van der Waals surface area contributed by atoms with E-state index in [1.807, 2.05) is 19.9 Å². The van der Waals surface area contributed by atoms with E-state index < -0.39 is 0 Å². The molecule has 76 valence electrons. The molecule has 0 saturated heterocycles. The number of esters is 1. The number of hydrogen-bond donors (Lipinski definition) is 0. The zero-order valence-corrected chi connectivity index (χ0v) is 8.66. The zero-order chi connectivity index (χ0) is 10.6. The highest BCUT2D eigenvalue weighted by Crippen LogP contribution is 2.18. The quantitative estimate of drug-likeness (QED) is 0.548. The summed E-state index contributed by atoms with van der Waals surface area (Å²) in [6.45, 7) is 5.92. The van der Waals surface area contributed by atoms with E-state index in [0.717, 1.165) is 16.9 Å². The van der Waals surface area contributed by atoms with Crippen molar-refractivity contribution in [3.8, 4) is 0 Å². The first-order chi connectivity index (χ1) is 6.65. The van der Waals surface area contributed by atoms with Gasteiger partial charge in [-0.2, -0.15) is 0 Å². The number of allylic oxidation sites excluding steroid dienone is 1. The monoisotopic (exact) mass is 194 g/mol. The Hall–Kier alpha value is -1.51. The molecule has 1 heterocycles. The van der Waals surface area contributed by atoms with Gasteiger partial charge in [0.15, 0.2) is 0 Å². The highest BCUT2D eigenvalue weighted by atomic mass is 16.5. The van der Waals surface area contributed by atoms with E-state index in [0.29, 0.717) is 6.61 Å². The van der Waals surface area contributed by atoms with E-state index in [1.54, 1.807) is 13.2 Å². The number of carbonyl (C=O) groups excluding carboxylic acids is 1. The molecular weight excluding hydrogens is 180 g/mol. The third-order valence-corrected chi connectivity index (χ3v) is 1.84. The molecule has 0 amide bonds. The fourth-order valence-electron chi connectivity index (χ4n) is 1.20. The van der Waals surface area contributed by atoms with Crippen LogP contribution >= 0.6 is 0 Å². The second kappa shape index (κ2) is 4.65. The van der Waals surface area contributed by atoms with Gasteiger partial charge in [0.25, 0.3) is 0 Å². The average molecular weight is 194 g/mol. The van der Waals surface area contributed by atoms with Crippen molar-refractivity contribution < 1.29 is 13.9 Å². The van der Waals surface area contributed by atoms with Gasteiger partial charge in [0.2, 0.25) is 0 Å². The smallest absolute Gasteiger partial charge is 0.331 e. The zero-order valence-electron chi connectivity index (χ0n) is 8.66. The molecule has 0 fully saturated rings. The minimum absolute atomic E-state index is 0.333. The van der Waals surface area contributed by atoms with Crippen LogP contribution in [0.15, 0.2) is 22.8 Å². The van der Waals surface area contributed by atoms with Crippen molar-refractivity contribution in [3.63, 3.8) is 0 Å². The summed E-state index contributed by atoms with van der Waals surface area (Å²) in [5, 5.41) is 0. The molecule has 0 radical (unpaired) electrons. The lowest BCUT2D eigenvalue weighted by Gasteiger charge is -1.99. The second-order valence-electron chi connectivity index (χ2n) is 3.01. The summed E-state index contributed by atoms with van der Waals surface area (Å²) in [5.74, 6) is 0.402. The van der Waals surface area contributed by atoms with Gasteiger partial charge >= 0.3 is 5.97 Å². The summed E-state index contributed by atoms with van der Waals surface area (Å²) in [5.41, 5.74) is 1.80. The summed E-state index contributed by atoms with van der Waals surface area (Å²) in [6, 6.07) is 1.86. The molecule has 1 aromatic heterocycles. The minimum atomic E-state index is -0.333. The van der Waals surface area contributed by atoms with Gasteiger partial charge in [-0.1, -0.05) is 0 Å². The van der Waals surface area contributed by atoms with Gasteiger partial charge < -0.3 is 9.15 Å². The van der Waals surface area contributed by atoms with Crippen LogP contribution in [0.25, 0.3) is 5.57 Å². The highest BCUT2D eigenvalue weighted by molar-refractivity contribution is 5.90. The van der Waals surface area contributed by atoms with Gasteiger partial charge in [-0.3, -0.25) is 0 Å². The van der Waals surface area contributed by atoms with E-state index in [2.05, 4.69) is 0 Å². The van der Waals surface area contributed by atoms with Crippen molar-refractivity contribution >= 4 is 11.5 Å². The second-order valence-corrected chi connectivity index (χ2v) is 3.01. The van der Waals surface area contributed by atoms with Crippen molar-refractivity contribution in [2.24, 2.45) is 0 Å². The van der Waals surface area contributed by atoms with Gasteiger partial charge in [-0.15, -0.1) is 0 Å². The Bertz CT molecular complexity index is 347. The fraction of sp³-hybridized carbons (Fsp3) is 0.364. The summed E-state index contributed by atoms with van der Waals surface area (Å²) in [4.78, 5) is 11.1. The van der Waals surface area contributed by atoms with Crippen molar-refractivity contribution in [1.29, 1.82) is 0 Å². The molecule has 0 saturated carbocycles. The molecule has 0 aliphatic heterocycles. The predicted molar refractivity (Wildman–Crippen MR) is 53.7 cm³/mol. The molecule has 0 spiro atoms. The largest absolute Gasteiger partial charge is 0.464 e. The van der Waals surface area contributed by atoms with Crippen LogP contribution in [-0.2, 0) is 9.53 Å². The van der Waals surface area contributed by atoms with Crippen LogP contribution in [0.4, 0.5) is 0 Å². The van der Waals surface area contributed by atoms with Crippen LogP contribution in [0.3, 0.4) is 0 Å². The Balaban J connectivity index is 2.79. The molecule has 0 N–H and O–H groups in total. The molecule has 1 aromatic rings. The normalized spacial score (nSPS) is 11.5. The van der Waals surface area contributed by atoms with Crippen LogP contribution in [0.5, 0.6) is 0 Å². The van der Waals surface area contributed by atoms with Crippen LogP contribution in [0.2, 0.25) is 0 Å². The molecule has 0 atom stereocenters. The molecule has 0 aliphatic carbocycles. The molecule has 0 aliphatic rings. The lowest BCUT2D eigenvalue weighted by molar-refractivity contribution is -0.137. The first kappa shape index (κ1) is 10.6. The maximum Gasteiger partial charge on any atom is 0.331 e. The molecular formula is C11H14O3. The molecule has 1 rings (SSSR count). The van der Waals surface area contributed by atoms with Crippen molar-refractivity contribution in [1.82, 2.24) is 0 Å². The summed E-state index contributed by atoms with van der Waals surface area (Å²) < 4.78 is 10.0. The standard InChI is InChI=1S/C11H14O3/c1-4-13-10(12)7-9(3)11-8(2)5-6-14-11/h5-7H,4H2,1-3H3. The van der Waals surface area contributed by atoms with E-state index in [9.17, 15) is 4.79 Å². The maximum atomic E-state index is 11.1. The number of rotatable bonds is 3. The number of hydrogen-bond acceptors (Lipinski definition) is 3. The van der Waals surface area contributed by atoms with Crippen LogP contribution < -0.4 is 0 Å². The number of carbonyl (C=O) groups is 1. The maximum absolute atomic E-state index is 11.1. The highest BCUT2D eigenvalue weighted by Gasteiger charge is 2.06. The van der Waals surface area contributed by atoms with Gasteiger partial charge in [0, 0.05) is 6.08 Å². The van der Waals surface area contributed by atoms with Crippen LogP contribution in [-0.4, -0.2) is 12.6 Å². The summed E-state index contributed by atoms with van der Waals surface area (Å²) in [7, 11) is 0. The molecule has 0 bridgehead atoms. The Morgan fingerprint density at radius 1 is 1.64 bits per heavy atom. The van der Waals surface area contributed by atoms with E-state index in [-0.39, 0.29) is 5.97 Å². The molecule has 3 nitrogen and oxygen atoms in total. The van der Waals surface area contributed by atoms with Gasteiger partial charge in [0.05, 0.1) is 12.9 Å². The Kier molecular flexibility index (Phi) is 3.51. The number of aryl methyl sites for hydroxylation is 1. The van der Waals surface area contributed by atoms with Crippen LogP contribution in [0.1, 0.15) is 25.2 Å². The third kappa shape index (κ3) is 2.49. The van der Waals surface area contributed by atoms with Gasteiger partial charge in [0.1, 0.15) is 5.76 Å². The van der Waals surface area contributed by atoms with Gasteiger partial charge in [-0.25, -0.2) is 4.79 Å². The topological polar surface area (TPSA) is 39.4 Å².